The van der Waals surface area contributed by atoms with E-state index in [0.29, 0.717) is 12.0 Å². The van der Waals surface area contributed by atoms with Crippen molar-refractivity contribution in [2.45, 2.75) is 45.0 Å². The molecule has 102 valence electrons. The van der Waals surface area contributed by atoms with Crippen molar-refractivity contribution in [3.05, 3.63) is 29.8 Å². The number of nitrogens with two attached hydrogens (primary N) is 1. The Balaban J connectivity index is 2.74. The third-order valence-electron chi connectivity index (χ3n) is 2.66. The van der Waals surface area contributed by atoms with Gasteiger partial charge in [0.1, 0.15) is 5.75 Å². The molecule has 1 atom stereocenters. The molecule has 2 N–H and O–H groups in total. The van der Waals surface area contributed by atoms with E-state index in [0.717, 1.165) is 19.3 Å². The number of alkyl halides is 3. The summed E-state index contributed by atoms with van der Waals surface area (Å²) in [7, 11) is 0. The van der Waals surface area contributed by atoms with Crippen LogP contribution in [0.5, 0.6) is 5.75 Å². The number of para-hydroxylation sites is 1. The zero-order chi connectivity index (χ0) is 13.6. The Bertz CT molecular complexity index is 365. The van der Waals surface area contributed by atoms with E-state index in [2.05, 4.69) is 11.7 Å². The molecule has 0 aliphatic heterocycles. The number of ether oxygens (including phenoxy) is 1. The molecule has 1 aromatic carbocycles. The van der Waals surface area contributed by atoms with Gasteiger partial charge in [-0.15, -0.1) is 13.2 Å². The molecule has 0 aromatic heterocycles. The van der Waals surface area contributed by atoms with Gasteiger partial charge >= 0.3 is 6.36 Å². The summed E-state index contributed by atoms with van der Waals surface area (Å²) < 4.78 is 40.7. The van der Waals surface area contributed by atoms with Gasteiger partial charge in [0.2, 0.25) is 0 Å². The van der Waals surface area contributed by atoms with Crippen molar-refractivity contribution in [3.63, 3.8) is 0 Å². The van der Waals surface area contributed by atoms with Crippen molar-refractivity contribution in [1.82, 2.24) is 0 Å². The highest BCUT2D eigenvalue weighted by atomic mass is 19.4. The van der Waals surface area contributed by atoms with Gasteiger partial charge in [-0.25, -0.2) is 0 Å². The molecule has 18 heavy (non-hydrogen) atoms. The molecule has 0 fully saturated rings. The second-order valence-corrected chi connectivity index (χ2v) is 4.19. The predicted octanol–water partition coefficient (Wildman–Crippen LogP) is 4.17. The standard InChI is InChI=1S/C13H18F3NO/c1-2-3-4-8-11(17)10-7-5-6-9-12(10)18-13(14,15)16/h5-7,9,11H,2-4,8,17H2,1H3/t11-/m1/s1. The van der Waals surface area contributed by atoms with E-state index in [4.69, 9.17) is 5.73 Å². The minimum absolute atomic E-state index is 0.200. The molecule has 0 spiro atoms. The van der Waals surface area contributed by atoms with Gasteiger partial charge in [0, 0.05) is 11.6 Å². The topological polar surface area (TPSA) is 35.2 Å². The summed E-state index contributed by atoms with van der Waals surface area (Å²) in [5, 5.41) is 0. The molecule has 0 unspecified atom stereocenters. The molecular formula is C13H18F3NO. The largest absolute Gasteiger partial charge is 0.573 e. The first-order valence-corrected chi connectivity index (χ1v) is 6.04. The number of hydrogen-bond donors (Lipinski definition) is 1. The van der Waals surface area contributed by atoms with Crippen LogP contribution in [-0.4, -0.2) is 6.36 Å². The van der Waals surface area contributed by atoms with Crippen molar-refractivity contribution in [3.8, 4) is 5.75 Å². The van der Waals surface area contributed by atoms with Gasteiger partial charge in [0.05, 0.1) is 0 Å². The van der Waals surface area contributed by atoms with Gasteiger partial charge in [0.15, 0.2) is 0 Å². The lowest BCUT2D eigenvalue weighted by Crippen LogP contribution is -2.20. The summed E-state index contributed by atoms with van der Waals surface area (Å²) in [5.74, 6) is -0.200. The Kier molecular flexibility index (Phi) is 5.47. The lowest BCUT2D eigenvalue weighted by atomic mass is 10.0. The summed E-state index contributed by atoms with van der Waals surface area (Å²) in [6.45, 7) is 2.06. The third-order valence-corrected chi connectivity index (χ3v) is 2.66. The average Bonchev–Trinajstić information content (AvgIpc) is 2.27. The smallest absolute Gasteiger partial charge is 0.405 e. The Hall–Kier alpha value is -1.23. The maximum Gasteiger partial charge on any atom is 0.573 e. The molecule has 0 saturated carbocycles. The van der Waals surface area contributed by atoms with Crippen LogP contribution in [0.25, 0.3) is 0 Å². The zero-order valence-corrected chi connectivity index (χ0v) is 10.3. The lowest BCUT2D eigenvalue weighted by molar-refractivity contribution is -0.275. The van der Waals surface area contributed by atoms with Crippen LogP contribution in [0.1, 0.15) is 44.2 Å². The summed E-state index contributed by atoms with van der Waals surface area (Å²) in [4.78, 5) is 0. The molecule has 0 amide bonds. The van der Waals surface area contributed by atoms with E-state index in [1.165, 1.54) is 12.1 Å². The normalized spacial score (nSPS) is 13.4. The van der Waals surface area contributed by atoms with Crippen molar-refractivity contribution in [2.75, 3.05) is 0 Å². The Labute approximate surface area is 105 Å². The van der Waals surface area contributed by atoms with Crippen molar-refractivity contribution >= 4 is 0 Å². The fourth-order valence-electron chi connectivity index (χ4n) is 1.77. The molecule has 0 aliphatic carbocycles. The average molecular weight is 261 g/mol. The van der Waals surface area contributed by atoms with E-state index >= 15 is 0 Å². The highest BCUT2D eigenvalue weighted by Crippen LogP contribution is 2.31. The fraction of sp³-hybridized carbons (Fsp3) is 0.538. The molecule has 0 heterocycles. The first kappa shape index (κ1) is 14.8. The number of hydrogen-bond acceptors (Lipinski definition) is 2. The van der Waals surface area contributed by atoms with E-state index in [1.54, 1.807) is 12.1 Å². The number of benzene rings is 1. The number of unbranched alkanes of at least 4 members (excludes halogenated alkanes) is 2. The maximum atomic E-state index is 12.2. The molecular weight excluding hydrogens is 243 g/mol. The Morgan fingerprint density at radius 2 is 1.89 bits per heavy atom. The van der Waals surface area contributed by atoms with Crippen molar-refractivity contribution in [2.24, 2.45) is 5.73 Å². The number of rotatable bonds is 6. The molecule has 0 saturated heterocycles. The van der Waals surface area contributed by atoms with Crippen LogP contribution in [0.15, 0.2) is 24.3 Å². The quantitative estimate of drug-likeness (QED) is 0.780. The van der Waals surface area contributed by atoms with Gasteiger partial charge in [0.25, 0.3) is 0 Å². The van der Waals surface area contributed by atoms with Gasteiger partial charge in [-0.2, -0.15) is 0 Å². The first-order chi connectivity index (χ1) is 8.44. The van der Waals surface area contributed by atoms with Crippen LogP contribution in [0.3, 0.4) is 0 Å². The summed E-state index contributed by atoms with van der Waals surface area (Å²) >= 11 is 0. The Morgan fingerprint density at radius 1 is 1.22 bits per heavy atom. The minimum atomic E-state index is -4.68. The molecule has 2 nitrogen and oxygen atoms in total. The van der Waals surface area contributed by atoms with Gasteiger partial charge < -0.3 is 10.5 Å². The van der Waals surface area contributed by atoms with E-state index in [1.807, 2.05) is 0 Å². The van der Waals surface area contributed by atoms with Gasteiger partial charge in [-0.05, 0) is 12.5 Å². The van der Waals surface area contributed by atoms with Crippen LogP contribution in [-0.2, 0) is 0 Å². The molecule has 1 aromatic rings. The molecule has 0 radical (unpaired) electrons. The van der Waals surface area contributed by atoms with E-state index in [9.17, 15) is 13.2 Å². The molecule has 0 bridgehead atoms. The summed E-state index contributed by atoms with van der Waals surface area (Å²) in [5.41, 5.74) is 6.32. The second kappa shape index (κ2) is 6.64. The predicted molar refractivity (Wildman–Crippen MR) is 64.2 cm³/mol. The first-order valence-electron chi connectivity index (χ1n) is 6.04. The van der Waals surface area contributed by atoms with Crippen molar-refractivity contribution in [1.29, 1.82) is 0 Å². The third kappa shape index (κ3) is 4.96. The lowest BCUT2D eigenvalue weighted by Gasteiger charge is -2.17. The van der Waals surface area contributed by atoms with Crippen LogP contribution >= 0.6 is 0 Å². The second-order valence-electron chi connectivity index (χ2n) is 4.19. The number of halogens is 3. The van der Waals surface area contributed by atoms with E-state index < -0.39 is 12.4 Å². The minimum Gasteiger partial charge on any atom is -0.405 e. The summed E-state index contributed by atoms with van der Waals surface area (Å²) in [6.07, 6.45) is -1.05. The monoisotopic (exact) mass is 261 g/mol. The van der Waals surface area contributed by atoms with Gasteiger partial charge in [-0.1, -0.05) is 44.4 Å². The van der Waals surface area contributed by atoms with Crippen LogP contribution in [0.4, 0.5) is 13.2 Å². The van der Waals surface area contributed by atoms with Crippen LogP contribution < -0.4 is 10.5 Å². The van der Waals surface area contributed by atoms with Crippen molar-refractivity contribution < 1.29 is 17.9 Å². The Morgan fingerprint density at radius 3 is 2.50 bits per heavy atom. The van der Waals surface area contributed by atoms with Crippen LogP contribution in [0, 0.1) is 0 Å². The highest BCUT2D eigenvalue weighted by molar-refractivity contribution is 5.35. The summed E-state index contributed by atoms with van der Waals surface area (Å²) in [6, 6.07) is 5.62. The van der Waals surface area contributed by atoms with Crippen LogP contribution in [0.2, 0.25) is 0 Å². The molecule has 0 aliphatic rings. The molecule has 5 heteroatoms. The van der Waals surface area contributed by atoms with E-state index in [-0.39, 0.29) is 5.75 Å². The molecule has 1 rings (SSSR count). The highest BCUT2D eigenvalue weighted by Gasteiger charge is 2.32. The fourth-order valence-corrected chi connectivity index (χ4v) is 1.77. The van der Waals surface area contributed by atoms with Gasteiger partial charge in [-0.3, -0.25) is 0 Å². The zero-order valence-electron chi connectivity index (χ0n) is 10.3. The maximum absolute atomic E-state index is 12.2. The SMILES string of the molecule is CCCCC[C@@H](N)c1ccccc1OC(F)(F)F.